The minimum absolute atomic E-state index is 0.0727. The molecule has 3 aromatic carbocycles. The number of aliphatic hydroxyl groups excluding tert-OH is 2. The molecule has 1 aromatic heterocycles. The Morgan fingerprint density at radius 1 is 0.895 bits per heavy atom. The van der Waals surface area contributed by atoms with Crippen molar-refractivity contribution in [2.45, 2.75) is 24.9 Å². The van der Waals surface area contributed by atoms with Gasteiger partial charge >= 0.3 is 0 Å². The first-order valence-corrected chi connectivity index (χ1v) is 13.2. The van der Waals surface area contributed by atoms with Crippen LogP contribution in [0.3, 0.4) is 0 Å². The summed E-state index contributed by atoms with van der Waals surface area (Å²) in [5.41, 5.74) is 0.592. The lowest BCUT2D eigenvalue weighted by Gasteiger charge is -2.48. The molecule has 3 aliphatic rings. The number of halogens is 1. The lowest BCUT2D eigenvalue weighted by Crippen LogP contribution is -2.61. The van der Waals surface area contributed by atoms with Gasteiger partial charge in [-0.3, -0.25) is 0 Å². The van der Waals surface area contributed by atoms with Crippen molar-refractivity contribution in [2.75, 3.05) is 49.2 Å². The van der Waals surface area contributed by atoms with Crippen molar-refractivity contribution >= 4 is 33.4 Å². The predicted molar refractivity (Wildman–Crippen MR) is 145 cm³/mol. The lowest BCUT2D eigenvalue weighted by molar-refractivity contribution is 0.0298. The van der Waals surface area contributed by atoms with E-state index in [4.69, 9.17) is 9.97 Å². The topological polar surface area (TPSA) is 105 Å². The van der Waals surface area contributed by atoms with Crippen LogP contribution in [0, 0.1) is 11.2 Å². The van der Waals surface area contributed by atoms with Crippen molar-refractivity contribution in [3.05, 3.63) is 54.3 Å². The van der Waals surface area contributed by atoms with Crippen molar-refractivity contribution in [3.63, 3.8) is 0 Å². The molecular weight excluding hydrogens is 485 g/mol. The molecule has 0 spiro atoms. The summed E-state index contributed by atoms with van der Waals surface area (Å²) in [4.78, 5) is 13.8. The van der Waals surface area contributed by atoms with Crippen LogP contribution in [0.25, 0.3) is 32.8 Å². The summed E-state index contributed by atoms with van der Waals surface area (Å²) in [6.07, 6.45) is 2.23. The third-order valence-corrected chi connectivity index (χ3v) is 8.43. The van der Waals surface area contributed by atoms with Crippen LogP contribution in [0.15, 0.2) is 48.5 Å². The van der Waals surface area contributed by atoms with E-state index in [-0.39, 0.29) is 24.5 Å². The van der Waals surface area contributed by atoms with E-state index in [1.807, 2.05) is 35.2 Å². The molecule has 0 aliphatic carbocycles. The summed E-state index contributed by atoms with van der Waals surface area (Å²) in [6, 6.07) is 15.3. The molecule has 2 bridgehead atoms. The van der Waals surface area contributed by atoms with Crippen LogP contribution in [0.2, 0.25) is 0 Å². The molecule has 7 rings (SSSR count). The Bertz CT molecular complexity index is 1540. The molecule has 2 atom stereocenters. The van der Waals surface area contributed by atoms with Crippen molar-refractivity contribution < 1.29 is 19.7 Å². The highest BCUT2D eigenvalue weighted by molar-refractivity contribution is 6.01. The lowest BCUT2D eigenvalue weighted by atomic mass is 9.82. The first-order valence-electron chi connectivity index (χ1n) is 13.2. The Balaban J connectivity index is 1.40. The van der Waals surface area contributed by atoms with Gasteiger partial charge in [0.05, 0.1) is 18.6 Å². The molecule has 0 radical (unpaired) electrons. The van der Waals surface area contributed by atoms with Gasteiger partial charge in [0.15, 0.2) is 5.82 Å². The molecule has 9 heteroatoms. The first kappa shape index (κ1) is 23.6. The second-order valence-electron chi connectivity index (χ2n) is 11.1. The maximum atomic E-state index is 16.5. The number of fused-ring (bicyclic) bond motifs is 4. The highest BCUT2D eigenvalue weighted by Crippen LogP contribution is 2.40. The number of aromatic nitrogens is 2. The smallest absolute Gasteiger partial charge is 0.228 e. The van der Waals surface area contributed by atoms with Gasteiger partial charge in [0.2, 0.25) is 5.95 Å². The summed E-state index contributed by atoms with van der Waals surface area (Å²) >= 11 is 0. The van der Waals surface area contributed by atoms with Crippen LogP contribution in [-0.4, -0.2) is 76.8 Å². The number of piperazine rings is 1. The standard InChI is InChI=1S/C29H30FN5O3/c30-25-22(24-10-20(38)9-17-3-1-2-4-21(17)24)7-8-23-26(25)32-28(35-13-29(14-35,15-36)16-37)33-27(23)34-11-18-5-6-19(12-34)31-18/h1-4,7-10,18-19,31,36-38H,5-6,11-16H2/t18-,19+. The molecule has 196 valence electrons. The van der Waals surface area contributed by atoms with Gasteiger partial charge in [0.1, 0.15) is 17.1 Å². The fraction of sp³-hybridized carbons (Fsp3) is 0.379. The van der Waals surface area contributed by atoms with Gasteiger partial charge in [-0.2, -0.15) is 4.98 Å². The monoisotopic (exact) mass is 515 g/mol. The third-order valence-electron chi connectivity index (χ3n) is 8.43. The van der Waals surface area contributed by atoms with Crippen LogP contribution in [-0.2, 0) is 0 Å². The summed E-state index contributed by atoms with van der Waals surface area (Å²) in [5, 5.41) is 35.9. The van der Waals surface area contributed by atoms with E-state index < -0.39 is 11.2 Å². The fourth-order valence-electron chi connectivity index (χ4n) is 6.37. The highest BCUT2D eigenvalue weighted by Gasteiger charge is 2.44. The maximum absolute atomic E-state index is 16.5. The first-order chi connectivity index (χ1) is 18.5. The molecule has 8 nitrogen and oxygen atoms in total. The Hall–Kier alpha value is -3.53. The van der Waals surface area contributed by atoms with E-state index in [9.17, 15) is 15.3 Å². The number of phenolic OH excluding ortho intramolecular Hbond substituents is 1. The van der Waals surface area contributed by atoms with E-state index in [0.29, 0.717) is 53.5 Å². The van der Waals surface area contributed by atoms with Gasteiger partial charge < -0.3 is 30.4 Å². The largest absolute Gasteiger partial charge is 0.508 e. The van der Waals surface area contributed by atoms with Crippen molar-refractivity contribution in [1.82, 2.24) is 15.3 Å². The SMILES string of the molecule is OCC1(CO)CN(c2nc(N3C[C@H]4CC[C@@H](C3)N4)c3ccc(-c4cc(O)cc5ccccc45)c(F)c3n2)C1. The van der Waals surface area contributed by atoms with Crippen LogP contribution in [0.4, 0.5) is 16.2 Å². The molecule has 3 aliphatic heterocycles. The van der Waals surface area contributed by atoms with Crippen LogP contribution in [0.1, 0.15) is 12.8 Å². The number of nitrogens with one attached hydrogen (secondary N) is 1. The number of hydrogen-bond acceptors (Lipinski definition) is 8. The Labute approximate surface area is 219 Å². The van der Waals surface area contributed by atoms with E-state index in [2.05, 4.69) is 10.2 Å². The second-order valence-corrected chi connectivity index (χ2v) is 11.1. The molecule has 4 N–H and O–H groups in total. The molecule has 0 unspecified atom stereocenters. The average Bonchev–Trinajstić information content (AvgIpc) is 3.25. The molecule has 3 fully saturated rings. The molecule has 0 amide bonds. The Morgan fingerprint density at radius 3 is 2.37 bits per heavy atom. The number of nitrogens with zero attached hydrogens (tertiary/aromatic N) is 4. The normalized spacial score (nSPS) is 22.3. The average molecular weight is 516 g/mol. The fourth-order valence-corrected chi connectivity index (χ4v) is 6.37. The molecule has 38 heavy (non-hydrogen) atoms. The van der Waals surface area contributed by atoms with E-state index >= 15 is 4.39 Å². The zero-order chi connectivity index (χ0) is 26.0. The number of rotatable bonds is 5. The van der Waals surface area contributed by atoms with Crippen LogP contribution < -0.4 is 15.1 Å². The predicted octanol–water partition coefficient (Wildman–Crippen LogP) is 3.03. The number of benzene rings is 3. The van der Waals surface area contributed by atoms with Crippen molar-refractivity contribution in [1.29, 1.82) is 0 Å². The molecule has 3 saturated heterocycles. The Morgan fingerprint density at radius 2 is 1.63 bits per heavy atom. The third kappa shape index (κ3) is 3.68. The van der Waals surface area contributed by atoms with E-state index in [0.717, 1.165) is 36.7 Å². The van der Waals surface area contributed by atoms with Crippen molar-refractivity contribution in [2.24, 2.45) is 5.41 Å². The van der Waals surface area contributed by atoms with Crippen molar-refractivity contribution in [3.8, 4) is 16.9 Å². The quantitative estimate of drug-likeness (QED) is 0.322. The minimum Gasteiger partial charge on any atom is -0.508 e. The maximum Gasteiger partial charge on any atom is 0.228 e. The number of anilines is 2. The number of hydrogen-bond donors (Lipinski definition) is 4. The molecule has 4 heterocycles. The summed E-state index contributed by atoms with van der Waals surface area (Å²) in [5.74, 6) is 0.716. The highest BCUT2D eigenvalue weighted by atomic mass is 19.1. The zero-order valence-corrected chi connectivity index (χ0v) is 20.9. The minimum atomic E-state index is -0.604. The summed E-state index contributed by atoms with van der Waals surface area (Å²) in [7, 11) is 0. The van der Waals surface area contributed by atoms with Crippen LogP contribution >= 0.6 is 0 Å². The van der Waals surface area contributed by atoms with Gasteiger partial charge in [-0.25, -0.2) is 9.37 Å². The number of aliphatic hydroxyl groups is 2. The van der Waals surface area contributed by atoms with Gasteiger partial charge in [0.25, 0.3) is 0 Å². The summed E-state index contributed by atoms with van der Waals surface area (Å²) in [6.45, 7) is 2.11. The van der Waals surface area contributed by atoms with Crippen LogP contribution in [0.5, 0.6) is 5.75 Å². The number of phenols is 1. The van der Waals surface area contributed by atoms with Gasteiger partial charge in [-0.05, 0) is 47.4 Å². The van der Waals surface area contributed by atoms with E-state index in [1.165, 1.54) is 0 Å². The number of aromatic hydroxyl groups is 1. The van der Waals surface area contributed by atoms with E-state index in [1.54, 1.807) is 18.2 Å². The zero-order valence-electron chi connectivity index (χ0n) is 20.9. The van der Waals surface area contributed by atoms with Gasteiger partial charge in [-0.15, -0.1) is 0 Å². The molecular formula is C29H30FN5O3. The molecule has 4 aromatic rings. The summed E-state index contributed by atoms with van der Waals surface area (Å²) < 4.78 is 16.5. The molecule has 0 saturated carbocycles. The second kappa shape index (κ2) is 8.76. The van der Waals surface area contributed by atoms with Gasteiger partial charge in [-0.1, -0.05) is 30.3 Å². The van der Waals surface area contributed by atoms with Gasteiger partial charge in [0, 0.05) is 49.2 Å². The Kier molecular flexibility index (Phi) is 5.43.